The van der Waals surface area contributed by atoms with Crippen molar-refractivity contribution < 1.29 is 23.1 Å². The van der Waals surface area contributed by atoms with Crippen molar-refractivity contribution in [2.24, 2.45) is 5.92 Å². The van der Waals surface area contributed by atoms with Crippen LogP contribution in [-0.4, -0.2) is 46.9 Å². The Morgan fingerprint density at radius 1 is 1.50 bits per heavy atom. The van der Waals surface area contributed by atoms with Gasteiger partial charge in [-0.05, 0) is 31.1 Å². The van der Waals surface area contributed by atoms with Crippen molar-refractivity contribution >= 4 is 17.7 Å². The Hall–Kier alpha value is -0.430. The van der Waals surface area contributed by atoms with Crippen LogP contribution in [0.25, 0.3) is 0 Å². The molecule has 1 N–H and O–H groups in total. The highest BCUT2D eigenvalue weighted by Gasteiger charge is 2.29. The number of halogens is 3. The second-order valence-corrected chi connectivity index (χ2v) is 4.93. The van der Waals surface area contributed by atoms with Gasteiger partial charge in [0, 0.05) is 18.8 Å². The molecule has 0 radical (unpaired) electrons. The summed E-state index contributed by atoms with van der Waals surface area (Å²) in [5.74, 6) is -1.31. The van der Waals surface area contributed by atoms with E-state index in [-0.39, 0.29) is 17.5 Å². The predicted molar refractivity (Wildman–Crippen MR) is 55.3 cm³/mol. The third-order valence-corrected chi connectivity index (χ3v) is 3.24. The van der Waals surface area contributed by atoms with Gasteiger partial charge in [-0.2, -0.15) is 13.2 Å². The molecule has 1 saturated heterocycles. The number of piperidine rings is 1. The number of rotatable bonds is 4. The molecule has 1 aliphatic heterocycles. The van der Waals surface area contributed by atoms with Crippen molar-refractivity contribution in [2.75, 3.05) is 25.4 Å². The van der Waals surface area contributed by atoms with Gasteiger partial charge in [0.1, 0.15) is 0 Å². The van der Waals surface area contributed by atoms with Gasteiger partial charge in [-0.25, -0.2) is 0 Å². The first-order chi connectivity index (χ1) is 7.38. The van der Waals surface area contributed by atoms with Crippen LogP contribution < -0.4 is 0 Å². The molecule has 0 aromatic rings. The van der Waals surface area contributed by atoms with E-state index in [0.717, 1.165) is 6.42 Å². The third kappa shape index (κ3) is 5.07. The molecule has 94 valence electrons. The number of hydrogen-bond acceptors (Lipinski definition) is 3. The van der Waals surface area contributed by atoms with Gasteiger partial charge in [-0.3, -0.25) is 4.79 Å². The lowest BCUT2D eigenvalue weighted by Gasteiger charge is -2.30. The molecule has 0 spiro atoms. The van der Waals surface area contributed by atoms with E-state index in [1.165, 1.54) is 0 Å². The number of carbonyl (C=O) groups is 1. The maximum atomic E-state index is 11.9. The van der Waals surface area contributed by atoms with E-state index in [1.54, 1.807) is 4.90 Å². The van der Waals surface area contributed by atoms with Gasteiger partial charge in [-0.15, -0.1) is 0 Å². The maximum absolute atomic E-state index is 11.9. The molecule has 0 saturated carbocycles. The van der Waals surface area contributed by atoms with E-state index >= 15 is 0 Å². The Morgan fingerprint density at radius 2 is 2.19 bits per heavy atom. The lowest BCUT2D eigenvalue weighted by atomic mass is 9.98. The van der Waals surface area contributed by atoms with Crippen LogP contribution >= 0.6 is 11.8 Å². The minimum absolute atomic E-state index is 0.0319. The molecule has 1 aliphatic rings. The molecule has 1 atom stereocenters. The normalized spacial score (nSPS) is 23.3. The van der Waals surface area contributed by atoms with Crippen LogP contribution in [0, 0.1) is 5.92 Å². The first-order valence-corrected chi connectivity index (χ1v) is 6.03. The van der Waals surface area contributed by atoms with E-state index in [0.29, 0.717) is 26.1 Å². The first-order valence-electron chi connectivity index (χ1n) is 5.04. The Balaban J connectivity index is 2.24. The van der Waals surface area contributed by atoms with Gasteiger partial charge in [-0.1, -0.05) is 0 Å². The molecule has 1 unspecified atom stereocenters. The fourth-order valence-electron chi connectivity index (χ4n) is 1.75. The summed E-state index contributed by atoms with van der Waals surface area (Å²) in [5, 5.41) is 8.80. The highest BCUT2D eigenvalue weighted by Crippen LogP contribution is 2.30. The van der Waals surface area contributed by atoms with E-state index in [9.17, 15) is 18.0 Å². The average molecular weight is 257 g/mol. The lowest BCUT2D eigenvalue weighted by molar-refractivity contribution is -0.143. The molecule has 0 aromatic carbocycles. The number of alkyl halides is 3. The van der Waals surface area contributed by atoms with Crippen LogP contribution in [-0.2, 0) is 4.79 Å². The number of thioether (sulfide) groups is 1. The quantitative estimate of drug-likeness (QED) is 0.836. The maximum Gasteiger partial charge on any atom is 0.441 e. The molecule has 0 bridgehead atoms. The van der Waals surface area contributed by atoms with Crippen molar-refractivity contribution in [2.45, 2.75) is 18.3 Å². The Morgan fingerprint density at radius 3 is 2.75 bits per heavy atom. The summed E-state index contributed by atoms with van der Waals surface area (Å²) in [6.07, 6.45) is 1.37. The Kier molecular flexibility index (Phi) is 4.91. The number of carboxylic acids is 1. The SMILES string of the molecule is O=C(O)C1CCCN(CCSC(F)(F)F)C1. The Labute approximate surface area is 96.0 Å². The van der Waals surface area contributed by atoms with Gasteiger partial charge < -0.3 is 10.0 Å². The van der Waals surface area contributed by atoms with Crippen molar-refractivity contribution in [1.82, 2.24) is 4.90 Å². The smallest absolute Gasteiger partial charge is 0.441 e. The molecule has 1 rings (SSSR count). The monoisotopic (exact) mass is 257 g/mol. The molecule has 3 nitrogen and oxygen atoms in total. The summed E-state index contributed by atoms with van der Waals surface area (Å²) in [4.78, 5) is 12.5. The molecular formula is C9H14F3NO2S. The number of carboxylic acid groups (broad SMARTS) is 1. The first kappa shape index (κ1) is 13.6. The molecule has 0 aliphatic carbocycles. The third-order valence-electron chi connectivity index (χ3n) is 2.53. The summed E-state index contributed by atoms with van der Waals surface area (Å²) in [5.41, 5.74) is -4.19. The predicted octanol–water partition coefficient (Wildman–Crippen LogP) is 2.04. The zero-order valence-corrected chi connectivity index (χ0v) is 9.48. The molecule has 1 heterocycles. The van der Waals surface area contributed by atoms with E-state index in [2.05, 4.69) is 0 Å². The summed E-state index contributed by atoms with van der Waals surface area (Å²) in [7, 11) is 0. The highest BCUT2D eigenvalue weighted by molar-refractivity contribution is 8.00. The van der Waals surface area contributed by atoms with Gasteiger partial charge in [0.25, 0.3) is 0 Å². The molecule has 7 heteroatoms. The van der Waals surface area contributed by atoms with Gasteiger partial charge in [0.2, 0.25) is 0 Å². The van der Waals surface area contributed by atoms with Gasteiger partial charge in [0.15, 0.2) is 0 Å². The zero-order valence-electron chi connectivity index (χ0n) is 8.66. The van der Waals surface area contributed by atoms with Crippen LogP contribution in [0.5, 0.6) is 0 Å². The minimum Gasteiger partial charge on any atom is -0.481 e. The molecule has 0 amide bonds. The van der Waals surface area contributed by atoms with Crippen LogP contribution in [0.4, 0.5) is 13.2 Å². The van der Waals surface area contributed by atoms with Gasteiger partial charge in [0.05, 0.1) is 5.92 Å². The standard InChI is InChI=1S/C9H14F3NO2S/c10-9(11,12)16-5-4-13-3-1-2-7(6-13)8(14)15/h7H,1-6H2,(H,14,15). The fourth-order valence-corrected chi connectivity index (χ4v) is 2.33. The van der Waals surface area contributed by atoms with Crippen molar-refractivity contribution in [3.63, 3.8) is 0 Å². The summed E-state index contributed by atoms with van der Waals surface area (Å²) in [6, 6.07) is 0. The van der Waals surface area contributed by atoms with E-state index in [4.69, 9.17) is 5.11 Å². The second-order valence-electron chi connectivity index (χ2n) is 3.77. The Bertz CT molecular complexity index is 247. The number of likely N-dealkylation sites (tertiary alicyclic amines) is 1. The van der Waals surface area contributed by atoms with Crippen LogP contribution in [0.2, 0.25) is 0 Å². The van der Waals surface area contributed by atoms with E-state index in [1.807, 2.05) is 0 Å². The molecular weight excluding hydrogens is 243 g/mol. The molecule has 1 fully saturated rings. The van der Waals surface area contributed by atoms with Crippen molar-refractivity contribution in [1.29, 1.82) is 0 Å². The van der Waals surface area contributed by atoms with Crippen molar-refractivity contribution in [3.05, 3.63) is 0 Å². The second kappa shape index (κ2) is 5.77. The molecule has 16 heavy (non-hydrogen) atoms. The molecule has 0 aromatic heterocycles. The van der Waals surface area contributed by atoms with Crippen molar-refractivity contribution in [3.8, 4) is 0 Å². The number of hydrogen-bond donors (Lipinski definition) is 1. The summed E-state index contributed by atoms with van der Waals surface area (Å²) >= 11 is -0.0522. The van der Waals surface area contributed by atoms with Crippen LogP contribution in [0.3, 0.4) is 0 Å². The zero-order chi connectivity index (χ0) is 12.2. The largest absolute Gasteiger partial charge is 0.481 e. The highest BCUT2D eigenvalue weighted by atomic mass is 32.2. The van der Waals surface area contributed by atoms with Crippen LogP contribution in [0.1, 0.15) is 12.8 Å². The van der Waals surface area contributed by atoms with E-state index < -0.39 is 17.4 Å². The lowest BCUT2D eigenvalue weighted by Crippen LogP contribution is -2.39. The minimum atomic E-state index is -4.19. The summed E-state index contributed by atoms with van der Waals surface area (Å²) < 4.78 is 35.6. The summed E-state index contributed by atoms with van der Waals surface area (Å²) in [6.45, 7) is 1.36. The number of aliphatic carboxylic acids is 1. The van der Waals surface area contributed by atoms with Gasteiger partial charge >= 0.3 is 11.5 Å². The topological polar surface area (TPSA) is 40.5 Å². The van der Waals surface area contributed by atoms with Crippen LogP contribution in [0.15, 0.2) is 0 Å². The number of nitrogens with zero attached hydrogens (tertiary/aromatic N) is 1. The fraction of sp³-hybridized carbons (Fsp3) is 0.889. The average Bonchev–Trinajstić information content (AvgIpc) is 2.16.